The maximum Gasteiger partial charge on any atom is 0.191 e. The minimum atomic E-state index is 0. The van der Waals surface area contributed by atoms with Crippen LogP contribution in [0.5, 0.6) is 11.5 Å². The second-order valence-corrected chi connectivity index (χ2v) is 8.43. The summed E-state index contributed by atoms with van der Waals surface area (Å²) in [4.78, 5) is 9.43. The number of likely N-dealkylation sites (N-methyl/N-ethyl adjacent to an activating group) is 1. The first kappa shape index (κ1) is 28.8. The summed E-state index contributed by atoms with van der Waals surface area (Å²) >= 11 is 0. The Labute approximate surface area is 212 Å². The van der Waals surface area contributed by atoms with E-state index in [1.165, 1.54) is 5.56 Å². The van der Waals surface area contributed by atoms with Gasteiger partial charge in [0.05, 0.1) is 13.2 Å². The predicted molar refractivity (Wildman–Crippen MR) is 145 cm³/mol. The van der Waals surface area contributed by atoms with E-state index in [-0.39, 0.29) is 24.0 Å². The highest BCUT2D eigenvalue weighted by Gasteiger charge is 2.25. The Balaban J connectivity index is 0.00000512. The summed E-state index contributed by atoms with van der Waals surface area (Å²) in [6, 6.07) is 6.69. The maximum atomic E-state index is 5.74. The maximum absolute atomic E-state index is 5.74. The highest BCUT2D eigenvalue weighted by molar-refractivity contribution is 14.0. The summed E-state index contributed by atoms with van der Waals surface area (Å²) in [5, 5.41) is 7.00. The predicted octanol–water partition coefficient (Wildman–Crippen LogP) is 3.08. The van der Waals surface area contributed by atoms with Crippen molar-refractivity contribution in [1.82, 2.24) is 20.4 Å². The molecule has 1 unspecified atom stereocenters. The van der Waals surface area contributed by atoms with Crippen LogP contribution in [-0.2, 0) is 6.42 Å². The molecule has 1 aromatic carbocycles. The molecule has 1 fully saturated rings. The van der Waals surface area contributed by atoms with Gasteiger partial charge in [0.2, 0.25) is 0 Å². The Bertz CT molecular complexity index is 678. The van der Waals surface area contributed by atoms with Crippen LogP contribution in [0.25, 0.3) is 0 Å². The number of rotatable bonds is 11. The molecule has 0 bridgehead atoms. The van der Waals surface area contributed by atoms with Crippen molar-refractivity contribution in [2.45, 2.75) is 40.2 Å². The first-order valence-corrected chi connectivity index (χ1v) is 11.7. The van der Waals surface area contributed by atoms with Gasteiger partial charge >= 0.3 is 0 Å². The van der Waals surface area contributed by atoms with E-state index in [1.807, 2.05) is 27.0 Å². The lowest BCUT2D eigenvalue weighted by Crippen LogP contribution is -2.55. The Morgan fingerprint density at radius 3 is 2.28 bits per heavy atom. The highest BCUT2D eigenvalue weighted by Crippen LogP contribution is 2.28. The van der Waals surface area contributed by atoms with E-state index in [0.29, 0.717) is 25.2 Å². The van der Waals surface area contributed by atoms with E-state index in [1.54, 1.807) is 0 Å². The number of hydrogen-bond acceptors (Lipinski definition) is 5. The topological polar surface area (TPSA) is 61.4 Å². The zero-order chi connectivity index (χ0) is 22.6. The summed E-state index contributed by atoms with van der Waals surface area (Å²) < 4.78 is 11.4. The van der Waals surface area contributed by atoms with E-state index >= 15 is 0 Å². The van der Waals surface area contributed by atoms with Gasteiger partial charge in [-0.05, 0) is 50.9 Å². The highest BCUT2D eigenvalue weighted by atomic mass is 127. The van der Waals surface area contributed by atoms with Crippen LogP contribution in [0, 0.1) is 5.92 Å². The monoisotopic (exact) mass is 561 g/mol. The molecule has 184 valence electrons. The number of nitrogens with zero attached hydrogens (tertiary/aromatic N) is 3. The van der Waals surface area contributed by atoms with Crippen molar-refractivity contribution >= 4 is 29.9 Å². The molecule has 1 aromatic rings. The average molecular weight is 562 g/mol. The van der Waals surface area contributed by atoms with E-state index in [2.05, 4.69) is 58.5 Å². The number of ether oxygens (including phenoxy) is 2. The fourth-order valence-corrected chi connectivity index (χ4v) is 3.94. The second kappa shape index (κ2) is 15.6. The Morgan fingerprint density at radius 1 is 1.03 bits per heavy atom. The van der Waals surface area contributed by atoms with Gasteiger partial charge in [0.1, 0.15) is 0 Å². The second-order valence-electron chi connectivity index (χ2n) is 8.43. The smallest absolute Gasteiger partial charge is 0.191 e. The number of halogens is 1. The third-order valence-electron chi connectivity index (χ3n) is 5.79. The number of hydrogen-bond donors (Lipinski definition) is 2. The fraction of sp³-hybridized carbons (Fsp3) is 0.708. The molecule has 1 atom stereocenters. The third kappa shape index (κ3) is 9.31. The number of benzene rings is 1. The molecule has 1 aliphatic rings. The van der Waals surface area contributed by atoms with Crippen LogP contribution >= 0.6 is 24.0 Å². The van der Waals surface area contributed by atoms with Crippen molar-refractivity contribution in [2.24, 2.45) is 10.9 Å². The molecular formula is C24H44IN5O2. The lowest BCUT2D eigenvalue weighted by atomic mass is 10.0. The molecule has 1 aliphatic heterocycles. The van der Waals surface area contributed by atoms with E-state index in [4.69, 9.17) is 9.47 Å². The van der Waals surface area contributed by atoms with Gasteiger partial charge in [0.25, 0.3) is 0 Å². The molecule has 8 heteroatoms. The van der Waals surface area contributed by atoms with Crippen molar-refractivity contribution in [3.63, 3.8) is 0 Å². The zero-order valence-corrected chi connectivity index (χ0v) is 23.1. The molecular weight excluding hydrogens is 517 g/mol. The van der Waals surface area contributed by atoms with Crippen LogP contribution in [0.3, 0.4) is 0 Å². The fourth-order valence-electron chi connectivity index (χ4n) is 3.94. The van der Waals surface area contributed by atoms with Crippen LogP contribution in [0.15, 0.2) is 23.2 Å². The zero-order valence-electron chi connectivity index (χ0n) is 20.8. The average Bonchev–Trinajstić information content (AvgIpc) is 2.75. The van der Waals surface area contributed by atoms with E-state index in [9.17, 15) is 0 Å². The van der Waals surface area contributed by atoms with Crippen LogP contribution in [0.1, 0.15) is 33.3 Å². The summed E-state index contributed by atoms with van der Waals surface area (Å²) in [5.74, 6) is 3.07. The van der Waals surface area contributed by atoms with Crippen molar-refractivity contribution < 1.29 is 9.47 Å². The van der Waals surface area contributed by atoms with Crippen LogP contribution in [0.4, 0.5) is 0 Å². The standard InChI is InChI=1S/C24H43N5O2.HI/c1-7-30-22-10-9-20(17-23(22)31-8-2)11-12-26-24(25-5)27-18-21(19(3)4)29-15-13-28(6)14-16-29;/h9-10,17,19,21H,7-8,11-16,18H2,1-6H3,(H2,25,26,27);1H. The molecule has 1 heterocycles. The quantitative estimate of drug-likeness (QED) is 0.246. The molecule has 1 saturated heterocycles. The van der Waals surface area contributed by atoms with Gasteiger partial charge in [-0.15, -0.1) is 24.0 Å². The van der Waals surface area contributed by atoms with Gasteiger partial charge in [-0.25, -0.2) is 0 Å². The molecule has 2 rings (SSSR count). The largest absolute Gasteiger partial charge is 0.490 e. The van der Waals surface area contributed by atoms with E-state index in [0.717, 1.165) is 63.1 Å². The molecule has 7 nitrogen and oxygen atoms in total. The molecule has 0 saturated carbocycles. The normalized spacial score (nSPS) is 16.4. The van der Waals surface area contributed by atoms with Gasteiger partial charge in [0.15, 0.2) is 17.5 Å². The molecule has 0 aromatic heterocycles. The number of piperazine rings is 1. The van der Waals surface area contributed by atoms with Gasteiger partial charge < -0.3 is 25.0 Å². The van der Waals surface area contributed by atoms with Crippen LogP contribution in [0.2, 0.25) is 0 Å². The van der Waals surface area contributed by atoms with Gasteiger partial charge in [-0.3, -0.25) is 9.89 Å². The minimum Gasteiger partial charge on any atom is -0.490 e. The van der Waals surface area contributed by atoms with Crippen molar-refractivity contribution in [3.8, 4) is 11.5 Å². The molecule has 32 heavy (non-hydrogen) atoms. The summed E-state index contributed by atoms with van der Waals surface area (Å²) in [5.41, 5.74) is 1.22. The van der Waals surface area contributed by atoms with Crippen LogP contribution < -0.4 is 20.1 Å². The van der Waals surface area contributed by atoms with Gasteiger partial charge in [-0.2, -0.15) is 0 Å². The third-order valence-corrected chi connectivity index (χ3v) is 5.79. The summed E-state index contributed by atoms with van der Waals surface area (Å²) in [6.45, 7) is 16.1. The molecule has 0 amide bonds. The number of nitrogens with one attached hydrogen (secondary N) is 2. The molecule has 0 radical (unpaired) electrons. The first-order valence-electron chi connectivity index (χ1n) is 11.7. The minimum absolute atomic E-state index is 0. The SMILES string of the molecule is CCOc1ccc(CCNC(=NC)NCC(C(C)C)N2CCN(C)CC2)cc1OCC.I. The van der Waals surface area contributed by atoms with Crippen molar-refractivity contribution in [2.75, 3.05) is 66.6 Å². The van der Waals surface area contributed by atoms with Crippen LogP contribution in [-0.4, -0.2) is 88.4 Å². The van der Waals surface area contributed by atoms with Gasteiger partial charge in [-0.1, -0.05) is 19.9 Å². The van der Waals surface area contributed by atoms with Gasteiger partial charge in [0, 0.05) is 52.4 Å². The summed E-state index contributed by atoms with van der Waals surface area (Å²) in [6.07, 6.45) is 0.888. The molecule has 2 N–H and O–H groups in total. The van der Waals surface area contributed by atoms with Crippen molar-refractivity contribution in [1.29, 1.82) is 0 Å². The Hall–Kier alpha value is -1.26. The molecule has 0 aliphatic carbocycles. The number of guanidine groups is 1. The first-order chi connectivity index (χ1) is 15.0. The summed E-state index contributed by atoms with van der Waals surface area (Å²) in [7, 11) is 4.03. The lowest BCUT2D eigenvalue weighted by Gasteiger charge is -2.40. The Morgan fingerprint density at radius 2 is 1.69 bits per heavy atom. The lowest BCUT2D eigenvalue weighted by molar-refractivity contribution is 0.0900. The number of aliphatic imine (C=N–C) groups is 1. The van der Waals surface area contributed by atoms with Crippen molar-refractivity contribution in [3.05, 3.63) is 23.8 Å². The Kier molecular flexibility index (Phi) is 14.0. The van der Waals surface area contributed by atoms with E-state index < -0.39 is 0 Å². The molecule has 0 spiro atoms.